The summed E-state index contributed by atoms with van der Waals surface area (Å²) in [6, 6.07) is 7.19. The predicted octanol–water partition coefficient (Wildman–Crippen LogP) is 3.32. The Balaban J connectivity index is 1.78. The number of esters is 1. The first-order valence-electron chi connectivity index (χ1n) is 7.58. The monoisotopic (exact) mass is 315 g/mol. The van der Waals surface area contributed by atoms with Crippen LogP contribution in [-0.2, 0) is 4.79 Å². The SMILES string of the molecule is Cc1ccc(C)c(OC(=O)CCCNC(=O)c2ccco2)c1C. The number of aryl methyl sites for hydroxylation is 2. The molecule has 1 aromatic heterocycles. The Kier molecular flexibility index (Phi) is 5.57. The number of furan rings is 1. The van der Waals surface area contributed by atoms with Gasteiger partial charge in [-0.05, 0) is 56.0 Å². The van der Waals surface area contributed by atoms with Crippen LogP contribution >= 0.6 is 0 Å². The summed E-state index contributed by atoms with van der Waals surface area (Å²) in [6.07, 6.45) is 2.19. The fraction of sp³-hybridized carbons (Fsp3) is 0.333. The summed E-state index contributed by atoms with van der Waals surface area (Å²) in [5, 5.41) is 2.70. The fourth-order valence-corrected chi connectivity index (χ4v) is 2.18. The molecule has 0 spiro atoms. The zero-order valence-electron chi connectivity index (χ0n) is 13.6. The smallest absolute Gasteiger partial charge is 0.311 e. The van der Waals surface area contributed by atoms with E-state index >= 15 is 0 Å². The minimum absolute atomic E-state index is 0.241. The van der Waals surface area contributed by atoms with Crippen molar-refractivity contribution in [1.29, 1.82) is 0 Å². The van der Waals surface area contributed by atoms with Gasteiger partial charge in [-0.3, -0.25) is 9.59 Å². The van der Waals surface area contributed by atoms with Crippen molar-refractivity contribution in [3.05, 3.63) is 53.0 Å². The van der Waals surface area contributed by atoms with Gasteiger partial charge in [0.1, 0.15) is 5.75 Å². The second-order valence-corrected chi connectivity index (χ2v) is 5.46. The van der Waals surface area contributed by atoms with Crippen molar-refractivity contribution in [3.63, 3.8) is 0 Å². The van der Waals surface area contributed by atoms with Gasteiger partial charge in [0, 0.05) is 13.0 Å². The zero-order chi connectivity index (χ0) is 16.8. The Bertz CT molecular complexity index is 689. The molecular weight excluding hydrogens is 294 g/mol. The van der Waals surface area contributed by atoms with Crippen molar-refractivity contribution in [1.82, 2.24) is 5.32 Å². The molecule has 1 heterocycles. The second kappa shape index (κ2) is 7.63. The molecule has 0 aliphatic heterocycles. The summed E-state index contributed by atoms with van der Waals surface area (Å²) in [4.78, 5) is 23.6. The lowest BCUT2D eigenvalue weighted by molar-refractivity contribution is -0.134. The molecular formula is C18H21NO4. The summed E-state index contributed by atoms with van der Waals surface area (Å²) >= 11 is 0. The van der Waals surface area contributed by atoms with Crippen LogP contribution < -0.4 is 10.1 Å². The number of ether oxygens (including phenoxy) is 1. The van der Waals surface area contributed by atoms with E-state index in [-0.39, 0.29) is 24.1 Å². The van der Waals surface area contributed by atoms with Gasteiger partial charge in [0.2, 0.25) is 0 Å². The van der Waals surface area contributed by atoms with Crippen molar-refractivity contribution in [2.75, 3.05) is 6.54 Å². The number of rotatable bonds is 6. The summed E-state index contributed by atoms with van der Waals surface area (Å²) in [5.74, 6) is 0.316. The molecule has 0 fully saturated rings. The maximum absolute atomic E-state index is 11.9. The van der Waals surface area contributed by atoms with Crippen LogP contribution in [0.15, 0.2) is 34.9 Å². The molecule has 0 radical (unpaired) electrons. The van der Waals surface area contributed by atoms with Crippen LogP contribution in [0.1, 0.15) is 40.1 Å². The third-order valence-corrected chi connectivity index (χ3v) is 3.68. The molecule has 23 heavy (non-hydrogen) atoms. The molecule has 0 aliphatic rings. The van der Waals surface area contributed by atoms with Gasteiger partial charge < -0.3 is 14.5 Å². The number of carbonyl (C=O) groups is 2. The van der Waals surface area contributed by atoms with Crippen LogP contribution in [-0.4, -0.2) is 18.4 Å². The molecule has 2 rings (SSSR count). The van der Waals surface area contributed by atoms with Gasteiger partial charge in [-0.25, -0.2) is 0 Å². The van der Waals surface area contributed by atoms with Gasteiger partial charge in [-0.1, -0.05) is 12.1 Å². The molecule has 122 valence electrons. The highest BCUT2D eigenvalue weighted by atomic mass is 16.5. The number of amides is 1. The van der Waals surface area contributed by atoms with E-state index in [1.807, 2.05) is 32.9 Å². The molecule has 0 saturated carbocycles. The lowest BCUT2D eigenvalue weighted by Crippen LogP contribution is -2.24. The lowest BCUT2D eigenvalue weighted by atomic mass is 10.1. The van der Waals surface area contributed by atoms with Crippen LogP contribution in [0.3, 0.4) is 0 Å². The van der Waals surface area contributed by atoms with Crippen LogP contribution in [0.2, 0.25) is 0 Å². The Hall–Kier alpha value is -2.56. The highest BCUT2D eigenvalue weighted by Gasteiger charge is 2.12. The van der Waals surface area contributed by atoms with Crippen molar-refractivity contribution >= 4 is 11.9 Å². The predicted molar refractivity (Wildman–Crippen MR) is 86.6 cm³/mol. The molecule has 1 amide bonds. The van der Waals surface area contributed by atoms with Crippen LogP contribution in [0.4, 0.5) is 0 Å². The molecule has 5 nitrogen and oxygen atoms in total. The van der Waals surface area contributed by atoms with E-state index in [1.54, 1.807) is 12.1 Å². The third kappa shape index (κ3) is 4.45. The van der Waals surface area contributed by atoms with E-state index < -0.39 is 0 Å². The van der Waals surface area contributed by atoms with Gasteiger partial charge in [0.25, 0.3) is 5.91 Å². The van der Waals surface area contributed by atoms with E-state index in [4.69, 9.17) is 9.15 Å². The number of benzene rings is 1. The normalized spacial score (nSPS) is 10.4. The van der Waals surface area contributed by atoms with Crippen LogP contribution in [0.25, 0.3) is 0 Å². The average Bonchev–Trinajstić information content (AvgIpc) is 3.06. The van der Waals surface area contributed by atoms with E-state index in [0.717, 1.165) is 16.7 Å². The third-order valence-electron chi connectivity index (χ3n) is 3.68. The molecule has 0 atom stereocenters. The number of hydrogen-bond acceptors (Lipinski definition) is 4. The first-order valence-corrected chi connectivity index (χ1v) is 7.58. The quantitative estimate of drug-likeness (QED) is 0.504. The molecule has 5 heteroatoms. The van der Waals surface area contributed by atoms with E-state index in [1.165, 1.54) is 6.26 Å². The van der Waals surface area contributed by atoms with Crippen LogP contribution in [0, 0.1) is 20.8 Å². The average molecular weight is 315 g/mol. The molecule has 1 N–H and O–H groups in total. The second-order valence-electron chi connectivity index (χ2n) is 5.46. The van der Waals surface area contributed by atoms with E-state index in [9.17, 15) is 9.59 Å². The van der Waals surface area contributed by atoms with Gasteiger partial charge in [-0.2, -0.15) is 0 Å². The zero-order valence-corrected chi connectivity index (χ0v) is 13.6. The fourth-order valence-electron chi connectivity index (χ4n) is 2.18. The first-order chi connectivity index (χ1) is 11.0. The van der Waals surface area contributed by atoms with Crippen molar-refractivity contribution in [2.24, 2.45) is 0 Å². The highest BCUT2D eigenvalue weighted by molar-refractivity contribution is 5.91. The standard InChI is InChI=1S/C18H21NO4/c1-12-8-9-13(2)17(14(12)3)23-16(20)7-4-10-19-18(21)15-6-5-11-22-15/h5-6,8-9,11H,4,7,10H2,1-3H3,(H,19,21). The first kappa shape index (κ1) is 16.8. The molecule has 1 aromatic carbocycles. The summed E-state index contributed by atoms with van der Waals surface area (Å²) in [7, 11) is 0. The minimum atomic E-state index is -0.297. The number of hydrogen-bond donors (Lipinski definition) is 1. The van der Waals surface area contributed by atoms with Crippen LogP contribution in [0.5, 0.6) is 5.75 Å². The number of carbonyl (C=O) groups excluding carboxylic acids is 2. The summed E-state index contributed by atoms with van der Waals surface area (Å²) < 4.78 is 10.5. The van der Waals surface area contributed by atoms with E-state index in [0.29, 0.717) is 18.7 Å². The topological polar surface area (TPSA) is 68.5 Å². The summed E-state index contributed by atoms with van der Waals surface area (Å²) in [6.45, 7) is 6.23. The van der Waals surface area contributed by atoms with E-state index in [2.05, 4.69) is 5.32 Å². The molecule has 0 aliphatic carbocycles. The minimum Gasteiger partial charge on any atom is -0.459 e. The molecule has 2 aromatic rings. The van der Waals surface area contributed by atoms with Crippen molar-refractivity contribution in [3.8, 4) is 5.75 Å². The Morgan fingerprint density at radius 1 is 1.13 bits per heavy atom. The number of nitrogens with one attached hydrogen (secondary N) is 1. The maximum Gasteiger partial charge on any atom is 0.311 e. The van der Waals surface area contributed by atoms with Gasteiger partial charge in [0.05, 0.1) is 6.26 Å². The largest absolute Gasteiger partial charge is 0.459 e. The van der Waals surface area contributed by atoms with Crippen molar-refractivity contribution in [2.45, 2.75) is 33.6 Å². The molecule has 0 unspecified atom stereocenters. The molecule has 0 bridgehead atoms. The Morgan fingerprint density at radius 3 is 2.57 bits per heavy atom. The van der Waals surface area contributed by atoms with Gasteiger partial charge in [0.15, 0.2) is 5.76 Å². The maximum atomic E-state index is 11.9. The van der Waals surface area contributed by atoms with Crippen molar-refractivity contribution < 1.29 is 18.7 Å². The Morgan fingerprint density at radius 2 is 1.87 bits per heavy atom. The Labute approximate surface area is 135 Å². The van der Waals surface area contributed by atoms with Gasteiger partial charge >= 0.3 is 5.97 Å². The lowest BCUT2D eigenvalue weighted by Gasteiger charge is -2.12. The van der Waals surface area contributed by atoms with Gasteiger partial charge in [-0.15, -0.1) is 0 Å². The molecule has 0 saturated heterocycles. The highest BCUT2D eigenvalue weighted by Crippen LogP contribution is 2.26. The summed E-state index contributed by atoms with van der Waals surface area (Å²) in [5.41, 5.74) is 3.00.